The van der Waals surface area contributed by atoms with Gasteiger partial charge < -0.3 is 11.1 Å². The molecule has 0 aliphatic heterocycles. The lowest BCUT2D eigenvalue weighted by Gasteiger charge is -2.27. The highest BCUT2D eigenvalue weighted by molar-refractivity contribution is 9.11. The standard InChI is InChI=1S/C12H21BrN2S/c1-11(2,7-15-8-12(3,4)14)9-5-6-10(13)16-9/h5-6,15H,7-8,14H2,1-4H3. The second kappa shape index (κ2) is 5.17. The second-order valence-electron chi connectivity index (χ2n) is 5.58. The minimum Gasteiger partial charge on any atom is -0.324 e. The molecule has 0 fully saturated rings. The second-order valence-corrected chi connectivity index (χ2v) is 8.04. The van der Waals surface area contributed by atoms with Crippen molar-refractivity contribution >= 4 is 27.3 Å². The smallest absolute Gasteiger partial charge is 0.0701 e. The van der Waals surface area contributed by atoms with E-state index in [9.17, 15) is 0 Å². The maximum absolute atomic E-state index is 5.94. The Morgan fingerprint density at radius 2 is 1.88 bits per heavy atom. The molecule has 2 nitrogen and oxygen atoms in total. The number of hydrogen-bond donors (Lipinski definition) is 2. The third-order valence-corrected chi connectivity index (χ3v) is 4.38. The first-order valence-electron chi connectivity index (χ1n) is 5.46. The van der Waals surface area contributed by atoms with E-state index in [1.165, 1.54) is 8.66 Å². The molecule has 1 heterocycles. The predicted molar refractivity (Wildman–Crippen MR) is 76.2 cm³/mol. The number of nitrogens with one attached hydrogen (secondary N) is 1. The molecule has 1 aromatic rings. The Bertz CT molecular complexity index is 339. The summed E-state index contributed by atoms with van der Waals surface area (Å²) in [6, 6.07) is 4.29. The van der Waals surface area contributed by atoms with Crippen molar-refractivity contribution in [2.75, 3.05) is 13.1 Å². The SMILES string of the molecule is CC(C)(N)CNCC(C)(C)c1ccc(Br)s1. The Kier molecular flexibility index (Phi) is 4.57. The van der Waals surface area contributed by atoms with Crippen LogP contribution in [0.3, 0.4) is 0 Å². The number of rotatable bonds is 5. The van der Waals surface area contributed by atoms with E-state index < -0.39 is 0 Å². The van der Waals surface area contributed by atoms with Crippen molar-refractivity contribution in [3.05, 3.63) is 20.8 Å². The quantitative estimate of drug-likeness (QED) is 0.877. The van der Waals surface area contributed by atoms with Crippen molar-refractivity contribution in [3.8, 4) is 0 Å². The third-order valence-electron chi connectivity index (χ3n) is 2.39. The highest BCUT2D eigenvalue weighted by Gasteiger charge is 2.23. The zero-order valence-electron chi connectivity index (χ0n) is 10.4. The first-order chi connectivity index (χ1) is 7.21. The van der Waals surface area contributed by atoms with Crippen LogP contribution in [0.2, 0.25) is 0 Å². The van der Waals surface area contributed by atoms with Crippen LogP contribution >= 0.6 is 27.3 Å². The molecule has 0 aliphatic rings. The molecule has 0 bridgehead atoms. The zero-order valence-corrected chi connectivity index (χ0v) is 12.8. The predicted octanol–water partition coefficient (Wildman–Crippen LogP) is 3.12. The highest BCUT2D eigenvalue weighted by atomic mass is 79.9. The minimum absolute atomic E-state index is 0.147. The topological polar surface area (TPSA) is 38.0 Å². The summed E-state index contributed by atoms with van der Waals surface area (Å²) in [6.45, 7) is 10.4. The van der Waals surface area contributed by atoms with E-state index in [1.807, 2.05) is 13.8 Å². The van der Waals surface area contributed by atoms with E-state index in [2.05, 4.69) is 47.2 Å². The molecule has 0 unspecified atom stereocenters. The summed E-state index contributed by atoms with van der Waals surface area (Å²) in [5.41, 5.74) is 5.95. The molecule has 16 heavy (non-hydrogen) atoms. The van der Waals surface area contributed by atoms with Crippen LogP contribution in [0.15, 0.2) is 15.9 Å². The van der Waals surface area contributed by atoms with Gasteiger partial charge in [0.2, 0.25) is 0 Å². The fourth-order valence-electron chi connectivity index (χ4n) is 1.46. The van der Waals surface area contributed by atoms with E-state index in [1.54, 1.807) is 11.3 Å². The summed E-state index contributed by atoms with van der Waals surface area (Å²) in [5.74, 6) is 0. The van der Waals surface area contributed by atoms with Gasteiger partial charge in [-0.05, 0) is 41.9 Å². The van der Waals surface area contributed by atoms with Crippen molar-refractivity contribution in [1.29, 1.82) is 0 Å². The van der Waals surface area contributed by atoms with Gasteiger partial charge in [0.15, 0.2) is 0 Å². The number of thiophene rings is 1. The molecule has 1 aromatic heterocycles. The lowest BCUT2D eigenvalue weighted by Crippen LogP contribution is -2.46. The molecule has 4 heteroatoms. The van der Waals surface area contributed by atoms with E-state index in [0.29, 0.717) is 0 Å². The molecule has 3 N–H and O–H groups in total. The van der Waals surface area contributed by atoms with Gasteiger partial charge in [0.05, 0.1) is 3.79 Å². The molecule has 0 radical (unpaired) electrons. The van der Waals surface area contributed by atoms with E-state index in [-0.39, 0.29) is 11.0 Å². The highest BCUT2D eigenvalue weighted by Crippen LogP contribution is 2.32. The lowest BCUT2D eigenvalue weighted by atomic mass is 9.91. The molecule has 0 aliphatic carbocycles. The molecule has 0 amide bonds. The fourth-order valence-corrected chi connectivity index (χ4v) is 2.95. The Morgan fingerprint density at radius 1 is 1.25 bits per heavy atom. The Morgan fingerprint density at radius 3 is 2.31 bits per heavy atom. The Balaban J connectivity index is 2.52. The Hall–Kier alpha value is 0.1000. The van der Waals surface area contributed by atoms with Gasteiger partial charge in [-0.1, -0.05) is 13.8 Å². The molecule has 0 atom stereocenters. The normalized spacial score (nSPS) is 13.1. The third kappa shape index (κ3) is 4.53. The number of hydrogen-bond acceptors (Lipinski definition) is 3. The lowest BCUT2D eigenvalue weighted by molar-refractivity contribution is 0.414. The average molecular weight is 305 g/mol. The molecule has 92 valence electrons. The van der Waals surface area contributed by atoms with Crippen molar-refractivity contribution in [1.82, 2.24) is 5.32 Å². The van der Waals surface area contributed by atoms with Crippen molar-refractivity contribution in [2.45, 2.75) is 38.6 Å². The van der Waals surface area contributed by atoms with Gasteiger partial charge in [-0.25, -0.2) is 0 Å². The van der Waals surface area contributed by atoms with E-state index in [0.717, 1.165) is 13.1 Å². The van der Waals surface area contributed by atoms with Crippen LogP contribution in [-0.2, 0) is 5.41 Å². The maximum Gasteiger partial charge on any atom is 0.0701 e. The van der Waals surface area contributed by atoms with Crippen LogP contribution in [0.4, 0.5) is 0 Å². The van der Waals surface area contributed by atoms with Crippen LogP contribution in [-0.4, -0.2) is 18.6 Å². The van der Waals surface area contributed by atoms with Crippen molar-refractivity contribution in [2.24, 2.45) is 5.73 Å². The summed E-state index contributed by atoms with van der Waals surface area (Å²) in [6.07, 6.45) is 0. The van der Waals surface area contributed by atoms with Gasteiger partial charge in [-0.15, -0.1) is 11.3 Å². The minimum atomic E-state index is -0.147. The summed E-state index contributed by atoms with van der Waals surface area (Å²) >= 11 is 5.30. The largest absolute Gasteiger partial charge is 0.324 e. The molecule has 0 saturated heterocycles. The summed E-state index contributed by atoms with van der Waals surface area (Å²) < 4.78 is 1.19. The van der Waals surface area contributed by atoms with Gasteiger partial charge >= 0.3 is 0 Å². The number of nitrogens with two attached hydrogens (primary N) is 1. The summed E-state index contributed by atoms with van der Waals surface area (Å²) in [4.78, 5) is 1.39. The van der Waals surface area contributed by atoms with Gasteiger partial charge in [0.25, 0.3) is 0 Å². The molecular formula is C12H21BrN2S. The van der Waals surface area contributed by atoms with Crippen LogP contribution in [0.5, 0.6) is 0 Å². The average Bonchev–Trinajstić information content (AvgIpc) is 2.49. The van der Waals surface area contributed by atoms with Gasteiger partial charge in [-0.2, -0.15) is 0 Å². The van der Waals surface area contributed by atoms with E-state index in [4.69, 9.17) is 5.73 Å². The fraction of sp³-hybridized carbons (Fsp3) is 0.667. The molecule has 0 spiro atoms. The zero-order chi connectivity index (χ0) is 12.4. The molecule has 0 saturated carbocycles. The summed E-state index contributed by atoms with van der Waals surface area (Å²) in [5, 5.41) is 3.44. The first kappa shape index (κ1) is 14.2. The van der Waals surface area contributed by atoms with Crippen molar-refractivity contribution in [3.63, 3.8) is 0 Å². The van der Waals surface area contributed by atoms with Crippen LogP contribution < -0.4 is 11.1 Å². The molecule has 1 rings (SSSR count). The molecular weight excluding hydrogens is 284 g/mol. The van der Waals surface area contributed by atoms with Gasteiger partial charge in [0, 0.05) is 28.9 Å². The van der Waals surface area contributed by atoms with Crippen LogP contribution in [0, 0.1) is 0 Å². The Labute approximate surface area is 111 Å². The monoisotopic (exact) mass is 304 g/mol. The number of halogens is 1. The van der Waals surface area contributed by atoms with E-state index >= 15 is 0 Å². The first-order valence-corrected chi connectivity index (χ1v) is 7.07. The summed E-state index contributed by atoms with van der Waals surface area (Å²) in [7, 11) is 0. The maximum atomic E-state index is 5.94. The van der Waals surface area contributed by atoms with Crippen LogP contribution in [0.25, 0.3) is 0 Å². The molecule has 0 aromatic carbocycles. The van der Waals surface area contributed by atoms with Gasteiger partial charge in [0.1, 0.15) is 0 Å². The van der Waals surface area contributed by atoms with Gasteiger partial charge in [-0.3, -0.25) is 0 Å². The van der Waals surface area contributed by atoms with Crippen LogP contribution in [0.1, 0.15) is 32.6 Å². The van der Waals surface area contributed by atoms with Crippen molar-refractivity contribution < 1.29 is 0 Å².